The van der Waals surface area contributed by atoms with Gasteiger partial charge in [0.15, 0.2) is 0 Å². The average molecular weight is 505 g/mol. The van der Waals surface area contributed by atoms with E-state index in [4.69, 9.17) is 10.5 Å². The molecule has 9 nitrogen and oxygen atoms in total. The summed E-state index contributed by atoms with van der Waals surface area (Å²) in [6, 6.07) is -0.676. The first-order valence-electron chi connectivity index (χ1n) is 13.6. The van der Waals surface area contributed by atoms with E-state index in [9.17, 15) is 30.0 Å². The number of ether oxygens (including phenoxy) is 1. The van der Waals surface area contributed by atoms with Crippen LogP contribution in [-0.4, -0.2) is 88.4 Å². The second kappa shape index (κ2) is 22.0. The quantitative estimate of drug-likeness (QED) is 0.0986. The molecule has 0 bridgehead atoms. The molecule has 0 spiro atoms. The first-order valence-corrected chi connectivity index (χ1v) is 13.6. The second-order valence-corrected chi connectivity index (χ2v) is 9.64. The van der Waals surface area contributed by atoms with Crippen molar-refractivity contribution >= 4 is 11.9 Å². The molecule has 0 amide bonds. The molecule has 4 atom stereocenters. The van der Waals surface area contributed by atoms with Crippen molar-refractivity contribution in [1.29, 1.82) is 0 Å². The van der Waals surface area contributed by atoms with Crippen LogP contribution in [0.5, 0.6) is 0 Å². The molecule has 0 aliphatic heterocycles. The van der Waals surface area contributed by atoms with Gasteiger partial charge in [-0.1, -0.05) is 64.7 Å². The van der Waals surface area contributed by atoms with Gasteiger partial charge in [0.05, 0.1) is 31.3 Å². The molecule has 0 heterocycles. The van der Waals surface area contributed by atoms with Crippen molar-refractivity contribution < 1.29 is 34.8 Å². The highest BCUT2D eigenvalue weighted by molar-refractivity contribution is 5.75. The fourth-order valence-corrected chi connectivity index (χ4v) is 4.25. The lowest BCUT2D eigenvalue weighted by Gasteiger charge is -2.28. The van der Waals surface area contributed by atoms with E-state index in [0.29, 0.717) is 32.2 Å². The predicted molar refractivity (Wildman–Crippen MR) is 137 cm³/mol. The molecular weight excluding hydrogens is 452 g/mol. The number of hydrogen-bond donors (Lipinski definition) is 5. The molecule has 0 aliphatic rings. The van der Waals surface area contributed by atoms with Crippen LogP contribution in [0.3, 0.4) is 0 Å². The Hall–Kier alpha value is -1.26. The number of hydrogen-bond acceptors (Lipinski definition) is 8. The van der Waals surface area contributed by atoms with Crippen molar-refractivity contribution in [3.05, 3.63) is 0 Å². The second-order valence-electron chi connectivity index (χ2n) is 9.64. The highest BCUT2D eigenvalue weighted by Crippen LogP contribution is 2.19. The standard InChI is InChI=1S/C26H52N2O7/c1-3-5-6-7-8-9-10-11-14-21(25(32)33)17-22(30)18-28(19-23(31)20-29)16-13-12-15-24(27)26(34)35-4-2/h21-24,29-31H,3-20,27H2,1-2H3,(H,32,33). The van der Waals surface area contributed by atoms with Gasteiger partial charge in [-0.3, -0.25) is 14.5 Å². The maximum absolute atomic E-state index is 11.7. The van der Waals surface area contributed by atoms with Gasteiger partial charge in [-0.15, -0.1) is 0 Å². The molecule has 0 fully saturated rings. The van der Waals surface area contributed by atoms with E-state index in [1.165, 1.54) is 32.1 Å². The lowest BCUT2D eigenvalue weighted by molar-refractivity contribution is -0.145. The minimum Gasteiger partial charge on any atom is -0.481 e. The van der Waals surface area contributed by atoms with E-state index in [1.54, 1.807) is 6.92 Å². The number of carboxylic acid groups (broad SMARTS) is 1. The molecule has 9 heteroatoms. The monoisotopic (exact) mass is 504 g/mol. The molecular formula is C26H52N2O7. The third kappa shape index (κ3) is 18.6. The fraction of sp³-hybridized carbons (Fsp3) is 0.923. The van der Waals surface area contributed by atoms with Crippen LogP contribution in [0.2, 0.25) is 0 Å². The number of carbonyl (C=O) groups excluding carboxylic acids is 1. The zero-order chi connectivity index (χ0) is 26.5. The Morgan fingerprint density at radius 2 is 1.43 bits per heavy atom. The minimum atomic E-state index is -0.948. The Kier molecular flexibility index (Phi) is 21.2. The zero-order valence-corrected chi connectivity index (χ0v) is 22.1. The molecule has 0 saturated heterocycles. The number of rotatable bonds is 24. The Morgan fingerprint density at radius 3 is 2.00 bits per heavy atom. The van der Waals surface area contributed by atoms with Gasteiger partial charge in [0.25, 0.3) is 0 Å². The van der Waals surface area contributed by atoms with E-state index in [-0.39, 0.29) is 26.1 Å². The summed E-state index contributed by atoms with van der Waals surface area (Å²) in [6.45, 7) is 4.72. The highest BCUT2D eigenvalue weighted by atomic mass is 16.5. The molecule has 208 valence electrons. The number of nitrogens with two attached hydrogens (primary N) is 1. The normalized spacial score (nSPS) is 15.1. The average Bonchev–Trinajstić information content (AvgIpc) is 2.82. The van der Waals surface area contributed by atoms with Gasteiger partial charge in [-0.05, 0) is 39.2 Å². The molecule has 0 radical (unpaired) electrons. The van der Waals surface area contributed by atoms with Crippen LogP contribution in [0, 0.1) is 5.92 Å². The van der Waals surface area contributed by atoms with Crippen molar-refractivity contribution in [2.45, 2.75) is 116 Å². The number of aliphatic hydroxyl groups is 3. The van der Waals surface area contributed by atoms with Gasteiger partial charge >= 0.3 is 11.9 Å². The van der Waals surface area contributed by atoms with Gasteiger partial charge in [0.1, 0.15) is 6.04 Å². The predicted octanol–water partition coefficient (Wildman–Crippen LogP) is 2.68. The molecule has 0 aliphatic carbocycles. The van der Waals surface area contributed by atoms with E-state index in [0.717, 1.165) is 19.3 Å². The van der Waals surface area contributed by atoms with E-state index in [2.05, 4.69) is 6.92 Å². The van der Waals surface area contributed by atoms with Crippen LogP contribution < -0.4 is 5.73 Å². The van der Waals surface area contributed by atoms with Crippen molar-refractivity contribution in [1.82, 2.24) is 4.90 Å². The van der Waals surface area contributed by atoms with Crippen molar-refractivity contribution in [2.75, 3.05) is 32.8 Å². The minimum absolute atomic E-state index is 0.158. The Morgan fingerprint density at radius 1 is 0.857 bits per heavy atom. The summed E-state index contributed by atoms with van der Waals surface area (Å²) in [5.74, 6) is -1.91. The Labute approximate surface area is 212 Å². The van der Waals surface area contributed by atoms with Crippen molar-refractivity contribution in [2.24, 2.45) is 11.7 Å². The topological polar surface area (TPSA) is 154 Å². The Balaban J connectivity index is 4.48. The molecule has 0 aromatic heterocycles. The lowest BCUT2D eigenvalue weighted by Crippen LogP contribution is -2.41. The first-order chi connectivity index (χ1) is 16.7. The van der Waals surface area contributed by atoms with E-state index >= 15 is 0 Å². The first kappa shape index (κ1) is 33.7. The lowest BCUT2D eigenvalue weighted by atomic mass is 9.94. The van der Waals surface area contributed by atoms with Gasteiger partial charge in [0.2, 0.25) is 0 Å². The van der Waals surface area contributed by atoms with Gasteiger partial charge < -0.3 is 30.9 Å². The number of carbonyl (C=O) groups is 2. The molecule has 0 saturated carbocycles. The molecule has 4 unspecified atom stereocenters. The summed E-state index contributed by atoms with van der Waals surface area (Å²) >= 11 is 0. The number of aliphatic carboxylic acids is 1. The van der Waals surface area contributed by atoms with Crippen molar-refractivity contribution in [3.8, 4) is 0 Å². The number of aliphatic hydroxyl groups excluding tert-OH is 3. The fourth-order valence-electron chi connectivity index (χ4n) is 4.25. The molecule has 6 N–H and O–H groups in total. The molecule has 35 heavy (non-hydrogen) atoms. The third-order valence-corrected chi connectivity index (χ3v) is 6.29. The van der Waals surface area contributed by atoms with Crippen LogP contribution >= 0.6 is 0 Å². The van der Waals surface area contributed by atoms with Gasteiger partial charge in [-0.2, -0.15) is 0 Å². The molecule has 0 aromatic carbocycles. The van der Waals surface area contributed by atoms with E-state index in [1.807, 2.05) is 4.90 Å². The van der Waals surface area contributed by atoms with Crippen LogP contribution in [0.25, 0.3) is 0 Å². The Bertz CT molecular complexity index is 536. The van der Waals surface area contributed by atoms with Gasteiger partial charge in [0, 0.05) is 13.1 Å². The SMILES string of the molecule is CCCCCCCCCCC(CC(O)CN(CCCCC(N)C(=O)OCC)CC(O)CO)C(=O)O. The van der Waals surface area contributed by atoms with Crippen LogP contribution in [-0.2, 0) is 14.3 Å². The van der Waals surface area contributed by atoms with Crippen molar-refractivity contribution in [3.63, 3.8) is 0 Å². The zero-order valence-electron chi connectivity index (χ0n) is 22.1. The summed E-state index contributed by atoms with van der Waals surface area (Å²) in [5, 5.41) is 39.3. The van der Waals surface area contributed by atoms with Crippen LogP contribution in [0.15, 0.2) is 0 Å². The summed E-state index contributed by atoms with van der Waals surface area (Å²) in [7, 11) is 0. The largest absolute Gasteiger partial charge is 0.481 e. The summed E-state index contributed by atoms with van der Waals surface area (Å²) in [5.41, 5.74) is 5.82. The maximum atomic E-state index is 11.7. The van der Waals surface area contributed by atoms with E-state index < -0.39 is 42.7 Å². The number of carboxylic acids is 1. The summed E-state index contributed by atoms with van der Waals surface area (Å²) in [4.78, 5) is 25.2. The maximum Gasteiger partial charge on any atom is 0.322 e. The number of esters is 1. The number of unbranched alkanes of at least 4 members (excludes halogenated alkanes) is 8. The highest BCUT2D eigenvalue weighted by Gasteiger charge is 2.23. The van der Waals surface area contributed by atoms with Gasteiger partial charge in [-0.25, -0.2) is 0 Å². The number of nitrogens with zero attached hydrogens (tertiary/aromatic N) is 1. The van der Waals surface area contributed by atoms with Crippen LogP contribution in [0.1, 0.15) is 97.3 Å². The third-order valence-electron chi connectivity index (χ3n) is 6.29. The molecule has 0 aromatic rings. The summed E-state index contributed by atoms with van der Waals surface area (Å²) in [6.07, 6.45) is 9.87. The smallest absolute Gasteiger partial charge is 0.322 e. The summed E-state index contributed by atoms with van der Waals surface area (Å²) < 4.78 is 4.90. The van der Waals surface area contributed by atoms with Crippen LogP contribution in [0.4, 0.5) is 0 Å². The molecule has 0 rings (SSSR count).